The van der Waals surface area contributed by atoms with E-state index in [1.54, 1.807) is 0 Å². The van der Waals surface area contributed by atoms with Crippen LogP contribution in [0.25, 0.3) is 0 Å². The van der Waals surface area contributed by atoms with Crippen molar-refractivity contribution in [3.63, 3.8) is 0 Å². The molecule has 0 radical (unpaired) electrons. The van der Waals surface area contributed by atoms with Crippen molar-refractivity contribution < 1.29 is 9.78 Å². The Bertz CT molecular complexity index is 250. The van der Waals surface area contributed by atoms with Gasteiger partial charge in [-0.2, -0.15) is 0 Å². The van der Waals surface area contributed by atoms with Gasteiger partial charge in [-0.25, -0.2) is 0 Å². The zero-order valence-electron chi connectivity index (χ0n) is 6.68. The molecule has 11 heavy (non-hydrogen) atoms. The summed E-state index contributed by atoms with van der Waals surface area (Å²) in [6.45, 7) is 3.65. The van der Waals surface area contributed by atoms with Crippen LogP contribution >= 0.6 is 0 Å². The Morgan fingerprint density at radius 2 is 2.36 bits per heavy atom. The Balaban J connectivity index is 2.46. The second-order valence-corrected chi connectivity index (χ2v) is 2.16. The highest BCUT2D eigenvalue weighted by atomic mass is 17.2. The SMILES string of the molecule is CC#CC/C=C1/C=C(C)OO1. The highest BCUT2D eigenvalue weighted by molar-refractivity contribution is 5.18. The van der Waals surface area contributed by atoms with Crippen LogP contribution in [0, 0.1) is 11.8 Å². The molecule has 0 spiro atoms. The summed E-state index contributed by atoms with van der Waals surface area (Å²) < 4.78 is 0. The highest BCUT2D eigenvalue weighted by Gasteiger charge is 2.06. The van der Waals surface area contributed by atoms with E-state index in [0.29, 0.717) is 6.42 Å². The van der Waals surface area contributed by atoms with Gasteiger partial charge in [0.15, 0.2) is 11.5 Å². The predicted octanol–water partition coefficient (Wildman–Crippen LogP) is 2.15. The van der Waals surface area contributed by atoms with Gasteiger partial charge in [0.1, 0.15) is 0 Å². The summed E-state index contributed by atoms with van der Waals surface area (Å²) in [6.07, 6.45) is 4.42. The van der Waals surface area contributed by atoms with Crippen molar-refractivity contribution in [1.29, 1.82) is 0 Å². The molecule has 0 amide bonds. The molecule has 1 aliphatic heterocycles. The van der Waals surface area contributed by atoms with Gasteiger partial charge in [0, 0.05) is 12.5 Å². The molecule has 0 N–H and O–H groups in total. The monoisotopic (exact) mass is 150 g/mol. The third kappa shape index (κ3) is 2.38. The van der Waals surface area contributed by atoms with Gasteiger partial charge in [0.25, 0.3) is 0 Å². The first-order valence-corrected chi connectivity index (χ1v) is 3.45. The van der Waals surface area contributed by atoms with Crippen LogP contribution in [-0.2, 0) is 9.78 Å². The minimum atomic E-state index is 0.707. The van der Waals surface area contributed by atoms with E-state index < -0.39 is 0 Å². The Labute approximate surface area is 66.4 Å². The van der Waals surface area contributed by atoms with Crippen molar-refractivity contribution in [3.05, 3.63) is 23.7 Å². The molecule has 0 aromatic rings. The minimum Gasteiger partial charge on any atom is -0.295 e. The molecule has 0 unspecified atom stereocenters. The Kier molecular flexibility index (Phi) is 2.62. The molecule has 0 bridgehead atoms. The number of allylic oxidation sites excluding steroid dienone is 3. The summed E-state index contributed by atoms with van der Waals surface area (Å²) in [5.41, 5.74) is 0. The Morgan fingerprint density at radius 1 is 1.55 bits per heavy atom. The molecule has 0 saturated carbocycles. The summed E-state index contributed by atoms with van der Waals surface area (Å²) in [6, 6.07) is 0. The van der Waals surface area contributed by atoms with Crippen LogP contribution in [0.1, 0.15) is 20.3 Å². The molecule has 0 fully saturated rings. The Hall–Kier alpha value is -1.36. The fourth-order valence-corrected chi connectivity index (χ4v) is 0.709. The third-order valence-electron chi connectivity index (χ3n) is 1.20. The van der Waals surface area contributed by atoms with Crippen LogP contribution in [0.3, 0.4) is 0 Å². The van der Waals surface area contributed by atoms with Crippen LogP contribution in [0.5, 0.6) is 0 Å². The largest absolute Gasteiger partial charge is 0.295 e. The van der Waals surface area contributed by atoms with E-state index in [4.69, 9.17) is 9.78 Å². The molecular formula is C9H10O2. The van der Waals surface area contributed by atoms with E-state index in [2.05, 4.69) is 11.8 Å². The van der Waals surface area contributed by atoms with Crippen molar-refractivity contribution in [1.82, 2.24) is 0 Å². The van der Waals surface area contributed by atoms with E-state index in [9.17, 15) is 0 Å². The van der Waals surface area contributed by atoms with Gasteiger partial charge in [-0.3, -0.25) is 9.78 Å². The molecule has 0 aliphatic carbocycles. The van der Waals surface area contributed by atoms with Gasteiger partial charge in [0.2, 0.25) is 0 Å². The van der Waals surface area contributed by atoms with Crippen molar-refractivity contribution in [3.8, 4) is 11.8 Å². The van der Waals surface area contributed by atoms with E-state index >= 15 is 0 Å². The quantitative estimate of drug-likeness (QED) is 0.421. The second-order valence-electron chi connectivity index (χ2n) is 2.16. The average Bonchev–Trinajstić information content (AvgIpc) is 2.37. The van der Waals surface area contributed by atoms with Gasteiger partial charge in [0.05, 0.1) is 0 Å². The summed E-state index contributed by atoms with van der Waals surface area (Å²) in [5, 5.41) is 0. The predicted molar refractivity (Wildman–Crippen MR) is 42.1 cm³/mol. The maximum atomic E-state index is 4.81. The average molecular weight is 150 g/mol. The second kappa shape index (κ2) is 3.72. The third-order valence-corrected chi connectivity index (χ3v) is 1.20. The summed E-state index contributed by atoms with van der Waals surface area (Å²) in [7, 11) is 0. The summed E-state index contributed by atoms with van der Waals surface area (Å²) in [5.74, 6) is 7.21. The van der Waals surface area contributed by atoms with Crippen molar-refractivity contribution in [2.45, 2.75) is 20.3 Å². The number of rotatable bonds is 1. The van der Waals surface area contributed by atoms with Gasteiger partial charge >= 0.3 is 0 Å². The molecule has 0 saturated heterocycles. The lowest BCUT2D eigenvalue weighted by atomic mass is 10.3. The lowest BCUT2D eigenvalue weighted by Gasteiger charge is -1.92. The summed E-state index contributed by atoms with van der Waals surface area (Å²) >= 11 is 0. The summed E-state index contributed by atoms with van der Waals surface area (Å²) in [4.78, 5) is 9.55. The first-order valence-electron chi connectivity index (χ1n) is 3.45. The standard InChI is InChI=1S/C9H10O2/c1-3-4-5-6-9-7-8(2)10-11-9/h6-7H,5H2,1-2H3/b9-6-. The zero-order valence-corrected chi connectivity index (χ0v) is 6.68. The van der Waals surface area contributed by atoms with E-state index in [1.807, 2.05) is 26.0 Å². The normalized spacial score (nSPS) is 18.0. The van der Waals surface area contributed by atoms with Crippen molar-refractivity contribution in [2.24, 2.45) is 0 Å². The molecule has 0 aromatic heterocycles. The molecule has 1 rings (SSSR count). The molecular weight excluding hydrogens is 140 g/mol. The minimum absolute atomic E-state index is 0.707. The molecule has 2 nitrogen and oxygen atoms in total. The Morgan fingerprint density at radius 3 is 2.91 bits per heavy atom. The highest BCUT2D eigenvalue weighted by Crippen LogP contribution is 2.15. The molecule has 2 heteroatoms. The first-order chi connectivity index (χ1) is 5.33. The maximum Gasteiger partial charge on any atom is 0.179 e. The maximum absolute atomic E-state index is 4.81. The smallest absolute Gasteiger partial charge is 0.179 e. The molecule has 1 heterocycles. The van der Waals surface area contributed by atoms with Gasteiger partial charge in [-0.1, -0.05) is 5.92 Å². The fourth-order valence-electron chi connectivity index (χ4n) is 0.709. The van der Waals surface area contributed by atoms with E-state index in [0.717, 1.165) is 11.5 Å². The molecule has 1 aliphatic rings. The van der Waals surface area contributed by atoms with Gasteiger partial charge < -0.3 is 0 Å². The number of hydrogen-bond acceptors (Lipinski definition) is 2. The van der Waals surface area contributed by atoms with Crippen LogP contribution in [0.15, 0.2) is 23.7 Å². The van der Waals surface area contributed by atoms with Crippen LogP contribution in [0.4, 0.5) is 0 Å². The lowest BCUT2D eigenvalue weighted by Crippen LogP contribution is -1.78. The van der Waals surface area contributed by atoms with Gasteiger partial charge in [-0.15, -0.1) is 5.92 Å². The van der Waals surface area contributed by atoms with Crippen molar-refractivity contribution >= 4 is 0 Å². The first kappa shape index (κ1) is 7.74. The number of hydrogen-bond donors (Lipinski definition) is 0. The van der Waals surface area contributed by atoms with Crippen molar-refractivity contribution in [2.75, 3.05) is 0 Å². The molecule has 0 atom stereocenters. The fraction of sp³-hybridized carbons (Fsp3) is 0.333. The van der Waals surface area contributed by atoms with E-state index in [-0.39, 0.29) is 0 Å². The van der Waals surface area contributed by atoms with Crippen LogP contribution in [-0.4, -0.2) is 0 Å². The zero-order chi connectivity index (χ0) is 8.10. The van der Waals surface area contributed by atoms with Crippen LogP contribution < -0.4 is 0 Å². The lowest BCUT2D eigenvalue weighted by molar-refractivity contribution is -0.205. The topological polar surface area (TPSA) is 18.5 Å². The molecule has 0 aromatic carbocycles. The van der Waals surface area contributed by atoms with E-state index in [1.165, 1.54) is 0 Å². The van der Waals surface area contributed by atoms with Gasteiger partial charge in [-0.05, 0) is 19.9 Å². The van der Waals surface area contributed by atoms with Crippen LogP contribution in [0.2, 0.25) is 0 Å². The molecule has 58 valence electrons.